The van der Waals surface area contributed by atoms with Crippen LogP contribution in [0.1, 0.15) is 30.5 Å². The fraction of sp³-hybridized carbons (Fsp3) is 0.250. The zero-order valence-electron chi connectivity index (χ0n) is 10.1. The first-order chi connectivity index (χ1) is 7.80. The van der Waals surface area contributed by atoms with Gasteiger partial charge in [-0.25, -0.2) is 0 Å². The molecule has 0 radical (unpaired) electrons. The summed E-state index contributed by atoms with van der Waals surface area (Å²) in [5.41, 5.74) is 4.10. The van der Waals surface area contributed by atoms with Crippen molar-refractivity contribution in [2.24, 2.45) is 0 Å². The summed E-state index contributed by atoms with van der Waals surface area (Å²) in [5, 5.41) is 2.78. The molecule has 0 saturated carbocycles. The monoisotopic (exact) mass is 210 g/mol. The molecule has 0 fully saturated rings. The second-order valence-corrected chi connectivity index (χ2v) is 4.11. The Labute approximate surface area is 97.6 Å². The quantitative estimate of drug-likeness (QED) is 0.694. The molecule has 0 bridgehead atoms. The fourth-order valence-electron chi connectivity index (χ4n) is 2.32. The molecule has 2 rings (SSSR count). The van der Waals surface area contributed by atoms with Gasteiger partial charge >= 0.3 is 0 Å². The maximum absolute atomic E-state index is 3.86. The van der Waals surface area contributed by atoms with Crippen molar-refractivity contribution >= 4 is 16.8 Å². The predicted molar refractivity (Wildman–Crippen MR) is 72.8 cm³/mol. The molecule has 0 unspecified atom stereocenters. The Kier molecular flexibility index (Phi) is 3.09. The normalized spacial score (nSPS) is 10.6. The Morgan fingerprint density at radius 3 is 2.44 bits per heavy atom. The van der Waals surface area contributed by atoms with Crippen molar-refractivity contribution in [3.63, 3.8) is 0 Å². The molecule has 2 aromatic carbocycles. The molecule has 0 aliphatic carbocycles. The summed E-state index contributed by atoms with van der Waals surface area (Å²) in [6, 6.07) is 11.1. The van der Waals surface area contributed by atoms with Crippen LogP contribution in [0.2, 0.25) is 0 Å². The van der Waals surface area contributed by atoms with Gasteiger partial charge in [-0.3, -0.25) is 0 Å². The molecule has 0 heterocycles. The van der Waals surface area contributed by atoms with E-state index in [1.807, 2.05) is 6.08 Å². The highest BCUT2D eigenvalue weighted by molar-refractivity contribution is 5.90. The van der Waals surface area contributed by atoms with Crippen molar-refractivity contribution in [2.75, 3.05) is 0 Å². The van der Waals surface area contributed by atoms with Gasteiger partial charge in [0.1, 0.15) is 0 Å². The van der Waals surface area contributed by atoms with Gasteiger partial charge < -0.3 is 0 Å². The summed E-state index contributed by atoms with van der Waals surface area (Å²) in [7, 11) is 0. The lowest BCUT2D eigenvalue weighted by atomic mass is 9.94. The minimum atomic E-state index is 1.08. The molecule has 2 aromatic rings. The van der Waals surface area contributed by atoms with E-state index in [1.165, 1.54) is 27.5 Å². The van der Waals surface area contributed by atoms with Crippen LogP contribution in [0.3, 0.4) is 0 Å². The second kappa shape index (κ2) is 4.52. The molecular formula is C16H18. The van der Waals surface area contributed by atoms with E-state index in [9.17, 15) is 0 Å². The largest absolute Gasteiger partial charge is 0.0985 e. The molecule has 82 valence electrons. The van der Waals surface area contributed by atoms with Gasteiger partial charge in [-0.15, -0.1) is 0 Å². The molecule has 0 nitrogen and oxygen atoms in total. The molecule has 0 spiro atoms. The first kappa shape index (κ1) is 10.9. The molecule has 0 aliphatic rings. The lowest BCUT2D eigenvalue weighted by molar-refractivity contribution is 1.12. The Balaban J connectivity index is 2.83. The van der Waals surface area contributed by atoms with Gasteiger partial charge in [0.2, 0.25) is 0 Å². The smallest absolute Gasteiger partial charge is 0.0120 e. The maximum Gasteiger partial charge on any atom is -0.0120 e. The zero-order chi connectivity index (χ0) is 11.5. The SMILES string of the molecule is C=Cc1cc(CC)c2c(CC)cccc2c1. The lowest BCUT2D eigenvalue weighted by Gasteiger charge is -2.10. The average Bonchev–Trinajstić information content (AvgIpc) is 2.36. The van der Waals surface area contributed by atoms with Gasteiger partial charge in [-0.2, -0.15) is 0 Å². The van der Waals surface area contributed by atoms with E-state index in [0.29, 0.717) is 0 Å². The van der Waals surface area contributed by atoms with Gasteiger partial charge in [-0.05, 0) is 46.4 Å². The number of hydrogen-bond donors (Lipinski definition) is 0. The molecule has 0 amide bonds. The lowest BCUT2D eigenvalue weighted by Crippen LogP contribution is -1.91. The Hall–Kier alpha value is -1.56. The third kappa shape index (κ3) is 1.76. The number of hydrogen-bond acceptors (Lipinski definition) is 0. The van der Waals surface area contributed by atoms with Crippen LogP contribution in [0, 0.1) is 0 Å². The highest BCUT2D eigenvalue weighted by Gasteiger charge is 2.05. The highest BCUT2D eigenvalue weighted by atomic mass is 14.1. The van der Waals surface area contributed by atoms with Crippen LogP contribution in [0.5, 0.6) is 0 Å². The van der Waals surface area contributed by atoms with E-state index in [2.05, 4.69) is 50.8 Å². The standard InChI is InChI=1S/C16H18/c1-4-12-10-14(6-3)16-13(5-2)8-7-9-15(16)11-12/h4,7-11H,1,5-6H2,2-3H3. The molecular weight excluding hydrogens is 192 g/mol. The summed E-state index contributed by atoms with van der Waals surface area (Å²) >= 11 is 0. The summed E-state index contributed by atoms with van der Waals surface area (Å²) in [5.74, 6) is 0. The maximum atomic E-state index is 3.86. The van der Waals surface area contributed by atoms with Gasteiger partial charge in [0.25, 0.3) is 0 Å². The van der Waals surface area contributed by atoms with Gasteiger partial charge in [0.05, 0.1) is 0 Å². The molecule has 0 atom stereocenters. The molecule has 0 aliphatic heterocycles. The fourth-order valence-corrected chi connectivity index (χ4v) is 2.32. The van der Waals surface area contributed by atoms with Gasteiger partial charge in [0.15, 0.2) is 0 Å². The van der Waals surface area contributed by atoms with Crippen LogP contribution in [0.25, 0.3) is 16.8 Å². The van der Waals surface area contributed by atoms with Crippen LogP contribution in [0.4, 0.5) is 0 Å². The second-order valence-electron chi connectivity index (χ2n) is 4.11. The van der Waals surface area contributed by atoms with Gasteiger partial charge in [-0.1, -0.05) is 50.8 Å². The van der Waals surface area contributed by atoms with E-state index in [1.54, 1.807) is 0 Å². The highest BCUT2D eigenvalue weighted by Crippen LogP contribution is 2.26. The summed E-state index contributed by atoms with van der Waals surface area (Å²) in [6.45, 7) is 8.29. The number of fused-ring (bicyclic) bond motifs is 1. The van der Waals surface area contributed by atoms with Crippen molar-refractivity contribution in [3.05, 3.63) is 53.6 Å². The van der Waals surface area contributed by atoms with Crippen molar-refractivity contribution < 1.29 is 0 Å². The Morgan fingerprint density at radius 1 is 1.06 bits per heavy atom. The van der Waals surface area contributed by atoms with Crippen molar-refractivity contribution in [3.8, 4) is 0 Å². The zero-order valence-corrected chi connectivity index (χ0v) is 10.1. The van der Waals surface area contributed by atoms with E-state index in [0.717, 1.165) is 12.8 Å². The number of aryl methyl sites for hydroxylation is 2. The number of benzene rings is 2. The molecule has 16 heavy (non-hydrogen) atoms. The topological polar surface area (TPSA) is 0 Å². The van der Waals surface area contributed by atoms with E-state index >= 15 is 0 Å². The van der Waals surface area contributed by atoms with Crippen LogP contribution >= 0.6 is 0 Å². The minimum Gasteiger partial charge on any atom is -0.0985 e. The van der Waals surface area contributed by atoms with Crippen LogP contribution in [0.15, 0.2) is 36.9 Å². The van der Waals surface area contributed by atoms with Crippen molar-refractivity contribution in [2.45, 2.75) is 26.7 Å². The molecule has 0 saturated heterocycles. The molecule has 0 heteroatoms. The predicted octanol–water partition coefficient (Wildman–Crippen LogP) is 4.61. The van der Waals surface area contributed by atoms with Gasteiger partial charge in [0, 0.05) is 0 Å². The molecule has 0 aromatic heterocycles. The van der Waals surface area contributed by atoms with E-state index < -0.39 is 0 Å². The van der Waals surface area contributed by atoms with Crippen LogP contribution < -0.4 is 0 Å². The summed E-state index contributed by atoms with van der Waals surface area (Å²) < 4.78 is 0. The third-order valence-corrected chi connectivity index (χ3v) is 3.16. The van der Waals surface area contributed by atoms with E-state index in [-0.39, 0.29) is 0 Å². The Bertz CT molecular complexity index is 521. The first-order valence-electron chi connectivity index (χ1n) is 5.97. The van der Waals surface area contributed by atoms with E-state index in [4.69, 9.17) is 0 Å². The number of rotatable bonds is 3. The molecule has 0 N–H and O–H groups in total. The van der Waals surface area contributed by atoms with Crippen molar-refractivity contribution in [1.29, 1.82) is 0 Å². The van der Waals surface area contributed by atoms with Crippen LogP contribution in [-0.4, -0.2) is 0 Å². The summed E-state index contributed by atoms with van der Waals surface area (Å²) in [6.07, 6.45) is 4.10. The van der Waals surface area contributed by atoms with Crippen LogP contribution in [-0.2, 0) is 12.8 Å². The first-order valence-corrected chi connectivity index (χ1v) is 5.97. The third-order valence-electron chi connectivity index (χ3n) is 3.16. The Morgan fingerprint density at radius 2 is 1.81 bits per heavy atom. The van der Waals surface area contributed by atoms with Crippen molar-refractivity contribution in [1.82, 2.24) is 0 Å². The minimum absolute atomic E-state index is 1.08. The average molecular weight is 210 g/mol. The summed E-state index contributed by atoms with van der Waals surface area (Å²) in [4.78, 5) is 0.